The maximum atomic E-state index is 11.4. The zero-order chi connectivity index (χ0) is 23.6. The summed E-state index contributed by atoms with van der Waals surface area (Å²) in [5.41, 5.74) is 4.51. The van der Waals surface area contributed by atoms with Crippen LogP contribution in [-0.2, 0) is 20.8 Å². The third-order valence-electron chi connectivity index (χ3n) is 4.35. The van der Waals surface area contributed by atoms with Crippen LogP contribution < -0.4 is 10.2 Å². The highest BCUT2D eigenvalue weighted by Crippen LogP contribution is 2.23. The van der Waals surface area contributed by atoms with Crippen molar-refractivity contribution < 1.29 is 28.6 Å². The number of carboxylic acid groups (broad SMARTS) is 1. The molecular formula is C23H24ClN3O6. The van der Waals surface area contributed by atoms with Crippen LogP contribution in [0.2, 0.25) is 5.02 Å². The summed E-state index contributed by atoms with van der Waals surface area (Å²) in [6.07, 6.45) is 0.661. The maximum Gasteiger partial charge on any atom is 0.333 e. The van der Waals surface area contributed by atoms with Crippen molar-refractivity contribution in [3.63, 3.8) is 0 Å². The van der Waals surface area contributed by atoms with Crippen molar-refractivity contribution in [2.45, 2.75) is 26.4 Å². The highest BCUT2D eigenvalue weighted by molar-refractivity contribution is 6.30. The first-order chi connectivity index (χ1) is 16.0. The van der Waals surface area contributed by atoms with Gasteiger partial charge in [0.05, 0.1) is 6.61 Å². The van der Waals surface area contributed by atoms with E-state index in [4.69, 9.17) is 30.3 Å². The Labute approximate surface area is 195 Å². The lowest BCUT2D eigenvalue weighted by Crippen LogP contribution is -2.26. The molecule has 0 radical (unpaired) electrons. The van der Waals surface area contributed by atoms with E-state index in [1.54, 1.807) is 55.5 Å². The van der Waals surface area contributed by atoms with Gasteiger partial charge in [0.2, 0.25) is 5.89 Å². The van der Waals surface area contributed by atoms with Crippen molar-refractivity contribution >= 4 is 23.3 Å². The molecule has 0 saturated carbocycles. The Morgan fingerprint density at radius 2 is 1.97 bits per heavy atom. The average Bonchev–Trinajstić information content (AvgIpc) is 3.29. The van der Waals surface area contributed by atoms with Crippen LogP contribution in [0.5, 0.6) is 5.75 Å². The fraction of sp³-hybridized carbons (Fsp3) is 0.261. The zero-order valence-electron chi connectivity index (χ0n) is 18.2. The highest BCUT2D eigenvalue weighted by atomic mass is 35.5. The molecule has 9 nitrogen and oxygen atoms in total. The lowest BCUT2D eigenvalue weighted by Gasteiger charge is -2.13. The van der Waals surface area contributed by atoms with Crippen molar-refractivity contribution in [2.75, 3.05) is 13.2 Å². The monoisotopic (exact) mass is 473 g/mol. The molecule has 3 rings (SSSR count). The number of hydrogen-bond acceptors (Lipinski definition) is 8. The second-order valence-corrected chi connectivity index (χ2v) is 7.17. The molecule has 0 amide bonds. The van der Waals surface area contributed by atoms with Gasteiger partial charge in [0.25, 0.3) is 5.89 Å². The minimum Gasteiger partial charge on any atom is -0.479 e. The summed E-state index contributed by atoms with van der Waals surface area (Å²) in [5, 5.41) is 18.0. The predicted molar refractivity (Wildman–Crippen MR) is 121 cm³/mol. The molecule has 0 saturated heterocycles. The van der Waals surface area contributed by atoms with E-state index in [1.807, 2.05) is 6.92 Å². The summed E-state index contributed by atoms with van der Waals surface area (Å²) in [6.45, 7) is 4.27. The number of hydrogen-bond donors (Lipinski definition) is 2. The van der Waals surface area contributed by atoms with Crippen LogP contribution in [0, 0.1) is 0 Å². The van der Waals surface area contributed by atoms with E-state index in [9.17, 15) is 9.90 Å². The highest BCUT2D eigenvalue weighted by Gasteiger charge is 2.18. The Morgan fingerprint density at radius 1 is 1.18 bits per heavy atom. The summed E-state index contributed by atoms with van der Waals surface area (Å²) >= 11 is 5.93. The van der Waals surface area contributed by atoms with Gasteiger partial charge in [0, 0.05) is 23.6 Å². The molecule has 1 atom stereocenters. The summed E-state index contributed by atoms with van der Waals surface area (Å²) in [4.78, 5) is 16.6. The van der Waals surface area contributed by atoms with Crippen molar-refractivity contribution in [2.24, 2.45) is 0 Å². The van der Waals surface area contributed by atoms with Crippen molar-refractivity contribution in [1.82, 2.24) is 15.7 Å². The zero-order valence-corrected chi connectivity index (χ0v) is 18.9. The minimum absolute atomic E-state index is 0.159. The predicted octanol–water partition coefficient (Wildman–Crippen LogP) is 4.34. The van der Waals surface area contributed by atoms with Gasteiger partial charge >= 0.3 is 5.97 Å². The normalized spacial score (nSPS) is 12.4. The molecule has 0 aliphatic heterocycles. The first-order valence-corrected chi connectivity index (χ1v) is 10.7. The van der Waals surface area contributed by atoms with E-state index in [0.29, 0.717) is 41.1 Å². The molecule has 2 N–H and O–H groups in total. The lowest BCUT2D eigenvalue weighted by atomic mass is 10.1. The molecule has 10 heteroatoms. The third-order valence-corrected chi connectivity index (χ3v) is 4.60. The molecule has 1 aromatic heterocycles. The molecule has 1 unspecified atom stereocenters. The first-order valence-electron chi connectivity index (χ1n) is 10.3. The molecule has 0 bridgehead atoms. The molecule has 2 aromatic carbocycles. The van der Waals surface area contributed by atoms with Crippen LogP contribution in [0.25, 0.3) is 17.2 Å². The topological polar surface area (TPSA) is 116 Å². The van der Waals surface area contributed by atoms with Gasteiger partial charge in [-0.15, -0.1) is 10.2 Å². The average molecular weight is 474 g/mol. The SMILES string of the molecule is CCONC(=COc1cccc(CC(OCC)C(=O)O)c1)c1nnc(-c2ccc(Cl)cc2)o1. The van der Waals surface area contributed by atoms with Gasteiger partial charge in [0.15, 0.2) is 11.8 Å². The number of halogens is 1. The van der Waals surface area contributed by atoms with Crippen molar-refractivity contribution in [3.8, 4) is 17.2 Å². The fourth-order valence-electron chi connectivity index (χ4n) is 2.81. The third kappa shape index (κ3) is 7.04. The van der Waals surface area contributed by atoms with Crippen LogP contribution in [0.15, 0.2) is 59.2 Å². The van der Waals surface area contributed by atoms with Crippen LogP contribution >= 0.6 is 11.6 Å². The Hall–Kier alpha value is -3.40. The van der Waals surface area contributed by atoms with Gasteiger partial charge in [-0.25, -0.2) is 4.79 Å². The molecule has 0 aliphatic carbocycles. The number of nitrogens with one attached hydrogen (secondary N) is 1. The number of carbonyl (C=O) groups is 1. The first kappa shape index (κ1) is 24.2. The van der Waals surface area contributed by atoms with E-state index in [0.717, 1.165) is 5.56 Å². The maximum absolute atomic E-state index is 11.4. The van der Waals surface area contributed by atoms with E-state index in [-0.39, 0.29) is 12.3 Å². The van der Waals surface area contributed by atoms with E-state index >= 15 is 0 Å². The summed E-state index contributed by atoms with van der Waals surface area (Å²) in [6, 6.07) is 14.0. The molecular weight excluding hydrogens is 450 g/mol. The smallest absolute Gasteiger partial charge is 0.333 e. The number of ether oxygens (including phenoxy) is 2. The van der Waals surface area contributed by atoms with E-state index in [2.05, 4.69) is 15.7 Å². The number of benzene rings is 2. The lowest BCUT2D eigenvalue weighted by molar-refractivity contribution is -0.149. The van der Waals surface area contributed by atoms with Crippen LogP contribution in [0.4, 0.5) is 0 Å². The number of hydroxylamine groups is 1. The molecule has 0 fully saturated rings. The molecule has 3 aromatic rings. The number of nitrogens with zero attached hydrogens (tertiary/aromatic N) is 2. The van der Waals surface area contributed by atoms with Gasteiger partial charge in [-0.2, -0.15) is 0 Å². The van der Waals surface area contributed by atoms with Crippen LogP contribution in [0.3, 0.4) is 0 Å². The van der Waals surface area contributed by atoms with Gasteiger partial charge in [-0.1, -0.05) is 23.7 Å². The molecule has 174 valence electrons. The van der Waals surface area contributed by atoms with Crippen molar-refractivity contribution in [1.29, 1.82) is 0 Å². The standard InChI is InChI=1S/C23H24ClN3O6/c1-3-30-20(23(28)29)13-15-6-5-7-18(12-15)31-14-19(27-32-4-2)22-26-25-21(33-22)16-8-10-17(24)11-9-16/h5-12,14,20,27H,3-4,13H2,1-2H3,(H,28,29). The number of rotatable bonds is 12. The molecule has 0 spiro atoms. The number of carboxylic acids is 1. The molecule has 33 heavy (non-hydrogen) atoms. The minimum atomic E-state index is -1.01. The van der Waals surface area contributed by atoms with Gasteiger partial charge < -0.3 is 19.0 Å². The van der Waals surface area contributed by atoms with Crippen molar-refractivity contribution in [3.05, 3.63) is 71.3 Å². The fourth-order valence-corrected chi connectivity index (χ4v) is 2.94. The molecule has 0 aliphatic rings. The largest absolute Gasteiger partial charge is 0.479 e. The quantitative estimate of drug-likeness (QED) is 0.292. The Balaban J connectivity index is 1.77. The molecule has 1 heterocycles. The Bertz CT molecular complexity index is 1080. The Morgan fingerprint density at radius 3 is 2.67 bits per heavy atom. The van der Waals surface area contributed by atoms with Gasteiger partial charge in [-0.05, 0) is 55.8 Å². The number of aromatic nitrogens is 2. The second-order valence-electron chi connectivity index (χ2n) is 6.74. The van der Waals surface area contributed by atoms with E-state index in [1.165, 1.54) is 6.26 Å². The number of aliphatic carboxylic acids is 1. The summed E-state index contributed by atoms with van der Waals surface area (Å²) in [5.74, 6) is -0.0594. The van der Waals surface area contributed by atoms with Crippen LogP contribution in [-0.4, -0.2) is 40.6 Å². The summed E-state index contributed by atoms with van der Waals surface area (Å²) in [7, 11) is 0. The Kier molecular flexibility index (Phi) is 8.82. The van der Waals surface area contributed by atoms with Gasteiger partial charge in [-0.3, -0.25) is 10.3 Å². The summed E-state index contributed by atoms with van der Waals surface area (Å²) < 4.78 is 16.8. The second kappa shape index (κ2) is 12.0. The van der Waals surface area contributed by atoms with Gasteiger partial charge in [0.1, 0.15) is 12.0 Å². The van der Waals surface area contributed by atoms with Crippen LogP contribution in [0.1, 0.15) is 25.3 Å². The van der Waals surface area contributed by atoms with E-state index < -0.39 is 12.1 Å².